The van der Waals surface area contributed by atoms with Gasteiger partial charge in [-0.25, -0.2) is 13.6 Å². The molecule has 1 aromatic rings. The van der Waals surface area contributed by atoms with Gasteiger partial charge < -0.3 is 15.7 Å². The summed E-state index contributed by atoms with van der Waals surface area (Å²) in [7, 11) is -3.85. The third kappa shape index (κ3) is 4.38. The van der Waals surface area contributed by atoms with Crippen molar-refractivity contribution in [2.45, 2.75) is 24.7 Å². The molecule has 0 aliphatic heterocycles. The predicted octanol–water partition coefficient (Wildman–Crippen LogP) is 0.515. The van der Waals surface area contributed by atoms with Gasteiger partial charge in [-0.05, 0) is 24.6 Å². The summed E-state index contributed by atoms with van der Waals surface area (Å²) in [5.41, 5.74) is 6.44. The molecule has 0 radical (unpaired) electrons. The molecule has 0 amide bonds. The topological polar surface area (TPSA) is 110 Å². The minimum atomic E-state index is -3.85. The average molecular weight is 287 g/mol. The van der Waals surface area contributed by atoms with E-state index in [2.05, 4.69) is 0 Å². The van der Waals surface area contributed by atoms with E-state index in [-0.39, 0.29) is 11.5 Å². The average Bonchev–Trinajstić information content (AvgIpc) is 2.33. The molecule has 7 heteroatoms. The summed E-state index contributed by atoms with van der Waals surface area (Å²) in [6, 6.07) is 4.60. The van der Waals surface area contributed by atoms with Crippen LogP contribution >= 0.6 is 0 Å². The van der Waals surface area contributed by atoms with Crippen LogP contribution in [0.3, 0.4) is 0 Å². The summed E-state index contributed by atoms with van der Waals surface area (Å²) >= 11 is 0. The van der Waals surface area contributed by atoms with Crippen LogP contribution in [-0.4, -0.2) is 33.2 Å². The van der Waals surface area contributed by atoms with Crippen molar-refractivity contribution < 1.29 is 13.5 Å². The number of nitrogens with two attached hydrogens (primary N) is 2. The van der Waals surface area contributed by atoms with E-state index in [1.165, 1.54) is 6.07 Å². The maximum absolute atomic E-state index is 11.6. The number of anilines is 2. The largest absolute Gasteiger partial charge is 0.399 e. The summed E-state index contributed by atoms with van der Waals surface area (Å²) in [4.78, 5) is 1.81. The van der Waals surface area contributed by atoms with E-state index >= 15 is 0 Å². The van der Waals surface area contributed by atoms with Gasteiger partial charge in [-0.2, -0.15) is 0 Å². The molecule has 0 spiro atoms. The molecule has 0 atom stereocenters. The molecule has 0 heterocycles. The number of rotatable bonds is 7. The third-order valence-electron chi connectivity index (χ3n) is 2.78. The molecule has 0 aliphatic rings. The third-order valence-corrected chi connectivity index (χ3v) is 3.72. The highest BCUT2D eigenvalue weighted by Gasteiger charge is 2.18. The first-order valence-corrected chi connectivity index (χ1v) is 7.73. The molecule has 5 N–H and O–H groups in total. The lowest BCUT2D eigenvalue weighted by Gasteiger charge is -2.25. The summed E-state index contributed by atoms with van der Waals surface area (Å²) in [5, 5.41) is 14.3. The number of sulfonamides is 1. The van der Waals surface area contributed by atoms with Gasteiger partial charge in [-0.1, -0.05) is 13.3 Å². The fraction of sp³-hybridized carbons (Fsp3) is 0.500. The summed E-state index contributed by atoms with van der Waals surface area (Å²) in [6.45, 7) is 2.99. The van der Waals surface area contributed by atoms with Gasteiger partial charge in [-0.15, -0.1) is 0 Å². The molecule has 19 heavy (non-hydrogen) atoms. The highest BCUT2D eigenvalue weighted by molar-refractivity contribution is 7.89. The number of hydrogen-bond acceptors (Lipinski definition) is 5. The number of aliphatic hydroxyl groups is 1. The van der Waals surface area contributed by atoms with Gasteiger partial charge in [-0.3, -0.25) is 0 Å². The Balaban J connectivity index is 3.21. The highest BCUT2D eigenvalue weighted by Crippen LogP contribution is 2.26. The van der Waals surface area contributed by atoms with Crippen molar-refractivity contribution >= 4 is 21.4 Å². The molecule has 0 aromatic heterocycles. The molecular formula is C12H21N3O3S. The van der Waals surface area contributed by atoms with Crippen LogP contribution in [0.2, 0.25) is 0 Å². The number of nitrogens with zero attached hydrogens (tertiary/aromatic N) is 1. The molecule has 6 nitrogen and oxygen atoms in total. The fourth-order valence-corrected chi connectivity index (χ4v) is 2.63. The number of nitrogen functional groups attached to an aromatic ring is 1. The monoisotopic (exact) mass is 287 g/mol. The SMILES string of the molecule is CCCCN(CCO)c1ccc(N)cc1S(N)(=O)=O. The molecule has 0 bridgehead atoms. The first-order valence-electron chi connectivity index (χ1n) is 6.18. The predicted molar refractivity (Wildman–Crippen MR) is 76.4 cm³/mol. The Morgan fingerprint density at radius 1 is 1.32 bits per heavy atom. The first kappa shape index (κ1) is 15.7. The highest BCUT2D eigenvalue weighted by atomic mass is 32.2. The minimum absolute atomic E-state index is 0.00273. The van der Waals surface area contributed by atoms with Crippen molar-refractivity contribution in [3.05, 3.63) is 18.2 Å². The Kier molecular flexibility index (Phi) is 5.59. The van der Waals surface area contributed by atoms with E-state index in [0.29, 0.717) is 24.5 Å². The Morgan fingerprint density at radius 2 is 2.00 bits per heavy atom. The summed E-state index contributed by atoms with van der Waals surface area (Å²) < 4.78 is 23.2. The van der Waals surface area contributed by atoms with Crippen LogP contribution in [0.1, 0.15) is 19.8 Å². The number of hydrogen-bond donors (Lipinski definition) is 3. The second-order valence-electron chi connectivity index (χ2n) is 4.34. The Morgan fingerprint density at radius 3 is 2.53 bits per heavy atom. The van der Waals surface area contributed by atoms with Crippen LogP contribution in [0, 0.1) is 0 Å². The van der Waals surface area contributed by atoms with Crippen molar-refractivity contribution in [1.82, 2.24) is 0 Å². The van der Waals surface area contributed by atoms with Crippen molar-refractivity contribution in [1.29, 1.82) is 0 Å². The zero-order chi connectivity index (χ0) is 14.5. The Labute approximate surface area is 114 Å². The van der Waals surface area contributed by atoms with Gasteiger partial charge in [0.25, 0.3) is 0 Å². The number of unbranched alkanes of at least 4 members (excludes halogenated alkanes) is 1. The van der Waals surface area contributed by atoms with E-state index < -0.39 is 10.0 Å². The van der Waals surface area contributed by atoms with Crippen LogP contribution in [0.4, 0.5) is 11.4 Å². The molecule has 108 valence electrons. The molecular weight excluding hydrogens is 266 g/mol. The lowest BCUT2D eigenvalue weighted by Crippen LogP contribution is -2.30. The maximum Gasteiger partial charge on any atom is 0.240 e. The van der Waals surface area contributed by atoms with Crippen molar-refractivity contribution in [2.75, 3.05) is 30.3 Å². The fourth-order valence-electron chi connectivity index (χ4n) is 1.84. The van der Waals surface area contributed by atoms with E-state index in [4.69, 9.17) is 16.0 Å². The van der Waals surface area contributed by atoms with Crippen LogP contribution in [-0.2, 0) is 10.0 Å². The standard InChI is InChI=1S/C12H21N3O3S/c1-2-3-6-15(7-8-16)11-5-4-10(13)9-12(11)19(14,17)18/h4-5,9,16H,2-3,6-8,13H2,1H3,(H2,14,17,18). The van der Waals surface area contributed by atoms with Gasteiger partial charge in [0.05, 0.1) is 12.3 Å². The lowest BCUT2D eigenvalue weighted by atomic mass is 10.2. The molecule has 0 saturated carbocycles. The van der Waals surface area contributed by atoms with Gasteiger partial charge >= 0.3 is 0 Å². The Bertz CT molecular complexity index is 517. The van der Waals surface area contributed by atoms with E-state index in [1.807, 2.05) is 11.8 Å². The molecule has 1 aromatic carbocycles. The zero-order valence-corrected chi connectivity index (χ0v) is 11.9. The quantitative estimate of drug-likeness (QED) is 0.633. The van der Waals surface area contributed by atoms with Crippen LogP contribution in [0.15, 0.2) is 23.1 Å². The maximum atomic E-state index is 11.6. The van der Waals surface area contributed by atoms with Gasteiger partial charge in [0.1, 0.15) is 4.90 Å². The normalized spacial score (nSPS) is 11.5. The molecule has 0 fully saturated rings. The van der Waals surface area contributed by atoms with Crippen LogP contribution in [0.25, 0.3) is 0 Å². The molecule has 0 aliphatic carbocycles. The number of benzene rings is 1. The van der Waals surface area contributed by atoms with Crippen LogP contribution in [0.5, 0.6) is 0 Å². The summed E-state index contributed by atoms with van der Waals surface area (Å²) in [6.07, 6.45) is 1.87. The van der Waals surface area contributed by atoms with E-state index in [9.17, 15) is 8.42 Å². The molecule has 1 rings (SSSR count). The second-order valence-corrected chi connectivity index (χ2v) is 5.87. The number of primary sulfonamides is 1. The van der Waals surface area contributed by atoms with Crippen molar-refractivity contribution in [3.8, 4) is 0 Å². The van der Waals surface area contributed by atoms with Crippen molar-refractivity contribution in [3.63, 3.8) is 0 Å². The smallest absolute Gasteiger partial charge is 0.240 e. The van der Waals surface area contributed by atoms with Gasteiger partial charge in [0.2, 0.25) is 10.0 Å². The molecule has 0 unspecified atom stereocenters. The lowest BCUT2D eigenvalue weighted by molar-refractivity contribution is 0.301. The minimum Gasteiger partial charge on any atom is -0.399 e. The zero-order valence-electron chi connectivity index (χ0n) is 11.0. The summed E-state index contributed by atoms with van der Waals surface area (Å²) in [5.74, 6) is 0. The van der Waals surface area contributed by atoms with Crippen molar-refractivity contribution in [2.24, 2.45) is 5.14 Å². The Hall–Kier alpha value is -1.31. The van der Waals surface area contributed by atoms with Gasteiger partial charge in [0, 0.05) is 18.8 Å². The number of aliphatic hydroxyl groups excluding tert-OH is 1. The van der Waals surface area contributed by atoms with E-state index in [0.717, 1.165) is 12.8 Å². The molecule has 0 saturated heterocycles. The second kappa shape index (κ2) is 6.74. The van der Waals surface area contributed by atoms with Gasteiger partial charge in [0.15, 0.2) is 0 Å². The first-order chi connectivity index (χ1) is 8.90. The van der Waals surface area contributed by atoms with E-state index in [1.54, 1.807) is 12.1 Å². The van der Waals surface area contributed by atoms with Crippen LogP contribution < -0.4 is 15.8 Å².